The number of hydrogen-bond acceptors (Lipinski definition) is 6. The van der Waals surface area contributed by atoms with Gasteiger partial charge in [-0.1, -0.05) is 23.4 Å². The number of nitrogens with one attached hydrogen (secondary N) is 1. The van der Waals surface area contributed by atoms with E-state index in [-0.39, 0.29) is 21.6 Å². The number of aryl methyl sites for hydroxylation is 1. The van der Waals surface area contributed by atoms with Gasteiger partial charge in [-0.25, -0.2) is 0 Å². The van der Waals surface area contributed by atoms with E-state index in [1.54, 1.807) is 0 Å². The van der Waals surface area contributed by atoms with Gasteiger partial charge < -0.3 is 11.1 Å². The number of hydrogen-bond donors (Lipinski definition) is 2. The third-order valence-electron chi connectivity index (χ3n) is 4.76. The summed E-state index contributed by atoms with van der Waals surface area (Å²) in [6.07, 6.45) is -0.223. The Balaban J connectivity index is 1.52. The van der Waals surface area contributed by atoms with Gasteiger partial charge in [0.25, 0.3) is 5.91 Å². The molecule has 2 amide bonds. The average molecular weight is 490 g/mol. The lowest BCUT2D eigenvalue weighted by Crippen LogP contribution is -2.19. The number of pyridine rings is 1. The zero-order valence-electron chi connectivity index (χ0n) is 15.8. The number of anilines is 1. The Morgan fingerprint density at radius 3 is 2.74 bits per heavy atom. The molecule has 0 atom stereocenters. The summed E-state index contributed by atoms with van der Waals surface area (Å²) in [6.45, 7) is 0. The van der Waals surface area contributed by atoms with Crippen LogP contribution in [-0.4, -0.2) is 32.2 Å². The maximum absolute atomic E-state index is 13.1. The molecule has 3 aromatic rings. The van der Waals surface area contributed by atoms with Crippen LogP contribution in [0, 0.1) is 0 Å². The first-order valence-corrected chi connectivity index (χ1v) is 11.3. The topological polar surface area (TPSA) is 102 Å². The Labute approximate surface area is 187 Å². The van der Waals surface area contributed by atoms with E-state index in [2.05, 4.69) is 15.5 Å². The largest absolute Gasteiger partial charge is 0.417 e. The van der Waals surface area contributed by atoms with Crippen LogP contribution in [0.2, 0.25) is 5.02 Å². The smallest absolute Gasteiger partial charge is 0.365 e. The molecule has 1 aliphatic carbocycles. The molecule has 0 saturated carbocycles. The molecule has 3 N–H and O–H groups in total. The molecular formula is C18H15ClF3N5O2S2. The standard InChI is InChI=1S/C18H15ClF3N5O2S2/c19-10-5-8(18(20,21)22)6-27-15(10)25-26-17(27)30-7-12(28)24-16-13(14(23)29)9-3-1-2-4-11(9)31-16/h5-6H,1-4,7H2,(H2,23,29)(H,24,28). The number of nitrogens with zero attached hydrogens (tertiary/aromatic N) is 3. The van der Waals surface area contributed by atoms with E-state index < -0.39 is 23.6 Å². The van der Waals surface area contributed by atoms with Gasteiger partial charge in [-0.05, 0) is 37.3 Å². The van der Waals surface area contributed by atoms with Crippen molar-refractivity contribution in [2.75, 3.05) is 11.1 Å². The summed E-state index contributed by atoms with van der Waals surface area (Å²) < 4.78 is 40.3. The number of alkyl halides is 3. The Bertz CT molecular complexity index is 1190. The molecule has 31 heavy (non-hydrogen) atoms. The van der Waals surface area contributed by atoms with Crippen LogP contribution in [0.5, 0.6) is 0 Å². The molecule has 1 aliphatic rings. The molecule has 0 unspecified atom stereocenters. The van der Waals surface area contributed by atoms with Crippen LogP contribution in [0.1, 0.15) is 39.2 Å². The molecule has 3 aromatic heterocycles. The summed E-state index contributed by atoms with van der Waals surface area (Å²) in [7, 11) is 0. The number of nitrogens with two attached hydrogens (primary N) is 1. The van der Waals surface area contributed by atoms with Crippen molar-refractivity contribution in [1.29, 1.82) is 0 Å². The molecule has 13 heteroatoms. The minimum absolute atomic E-state index is 0.0551. The van der Waals surface area contributed by atoms with Gasteiger partial charge in [-0.2, -0.15) is 13.2 Å². The number of aromatic nitrogens is 3. The number of thiophene rings is 1. The Morgan fingerprint density at radius 2 is 2.03 bits per heavy atom. The lowest BCUT2D eigenvalue weighted by atomic mass is 9.95. The lowest BCUT2D eigenvalue weighted by Gasteiger charge is -2.11. The van der Waals surface area contributed by atoms with Gasteiger partial charge in [0.2, 0.25) is 5.91 Å². The summed E-state index contributed by atoms with van der Waals surface area (Å²) in [6, 6.07) is 0.774. The van der Waals surface area contributed by atoms with Crippen LogP contribution in [0.4, 0.5) is 18.2 Å². The molecular weight excluding hydrogens is 475 g/mol. The number of thioether (sulfide) groups is 1. The van der Waals surface area contributed by atoms with Crippen LogP contribution in [0.3, 0.4) is 0 Å². The SMILES string of the molecule is NC(=O)c1c(NC(=O)CSc2nnc3c(Cl)cc(C(F)(F)F)cn23)sc2c1CCCC2. The van der Waals surface area contributed by atoms with E-state index >= 15 is 0 Å². The van der Waals surface area contributed by atoms with Gasteiger partial charge in [0.15, 0.2) is 10.8 Å². The quantitative estimate of drug-likeness (QED) is 0.524. The zero-order valence-corrected chi connectivity index (χ0v) is 18.1. The first-order chi connectivity index (χ1) is 14.6. The van der Waals surface area contributed by atoms with E-state index in [4.69, 9.17) is 17.3 Å². The fourth-order valence-corrected chi connectivity index (χ4v) is 5.66. The third kappa shape index (κ3) is 4.37. The predicted octanol–water partition coefficient (Wildman–Crippen LogP) is 4.17. The Morgan fingerprint density at radius 1 is 1.29 bits per heavy atom. The molecule has 4 rings (SSSR count). The molecule has 0 radical (unpaired) electrons. The van der Waals surface area contributed by atoms with Gasteiger partial charge >= 0.3 is 6.18 Å². The fourth-order valence-electron chi connectivity index (χ4n) is 3.39. The van der Waals surface area contributed by atoms with Crippen molar-refractivity contribution in [3.05, 3.63) is 38.9 Å². The van der Waals surface area contributed by atoms with Crippen LogP contribution in [0.25, 0.3) is 5.65 Å². The second-order valence-corrected chi connectivity index (χ2v) is 9.32. The molecule has 0 bridgehead atoms. The zero-order chi connectivity index (χ0) is 22.3. The summed E-state index contributed by atoms with van der Waals surface area (Å²) in [5, 5.41) is 10.6. The predicted molar refractivity (Wildman–Crippen MR) is 112 cm³/mol. The highest BCUT2D eigenvalue weighted by molar-refractivity contribution is 7.99. The number of carbonyl (C=O) groups excluding carboxylic acids is 2. The fraction of sp³-hybridized carbons (Fsp3) is 0.333. The second kappa shape index (κ2) is 8.32. The van der Waals surface area contributed by atoms with Crippen LogP contribution in [0.15, 0.2) is 17.4 Å². The highest BCUT2D eigenvalue weighted by Gasteiger charge is 2.32. The first kappa shape index (κ1) is 21.9. The minimum Gasteiger partial charge on any atom is -0.365 e. The van der Waals surface area contributed by atoms with Crippen molar-refractivity contribution in [3.8, 4) is 0 Å². The number of rotatable bonds is 5. The van der Waals surface area contributed by atoms with Crippen molar-refractivity contribution in [2.24, 2.45) is 5.73 Å². The molecule has 7 nitrogen and oxygen atoms in total. The Hall–Kier alpha value is -2.31. The molecule has 0 fully saturated rings. The number of fused-ring (bicyclic) bond motifs is 2. The second-order valence-electron chi connectivity index (χ2n) is 6.87. The van der Waals surface area contributed by atoms with E-state index in [1.165, 1.54) is 11.3 Å². The molecule has 0 aliphatic heterocycles. The van der Waals surface area contributed by atoms with Gasteiger partial charge in [-0.15, -0.1) is 21.5 Å². The maximum atomic E-state index is 13.1. The summed E-state index contributed by atoms with van der Waals surface area (Å²) >= 11 is 8.13. The van der Waals surface area contributed by atoms with Crippen LogP contribution in [-0.2, 0) is 23.8 Å². The van der Waals surface area contributed by atoms with Crippen molar-refractivity contribution >= 4 is 57.2 Å². The van der Waals surface area contributed by atoms with Crippen molar-refractivity contribution < 1.29 is 22.8 Å². The monoisotopic (exact) mass is 489 g/mol. The number of carbonyl (C=O) groups is 2. The van der Waals surface area contributed by atoms with E-state index in [0.717, 1.165) is 64.5 Å². The maximum Gasteiger partial charge on any atom is 0.417 e. The lowest BCUT2D eigenvalue weighted by molar-refractivity contribution is -0.137. The molecule has 3 heterocycles. The number of amides is 2. The third-order valence-corrected chi connectivity index (χ3v) is 7.19. The van der Waals surface area contributed by atoms with Gasteiger partial charge in [0.05, 0.1) is 21.9 Å². The van der Waals surface area contributed by atoms with E-state index in [1.807, 2.05) is 0 Å². The van der Waals surface area contributed by atoms with Crippen molar-refractivity contribution in [1.82, 2.24) is 14.6 Å². The van der Waals surface area contributed by atoms with Crippen molar-refractivity contribution in [2.45, 2.75) is 37.0 Å². The summed E-state index contributed by atoms with van der Waals surface area (Å²) in [5.74, 6) is -1.20. The summed E-state index contributed by atoms with van der Waals surface area (Å²) in [4.78, 5) is 25.4. The normalized spacial score (nSPS) is 13.9. The number of primary amides is 1. The Kier molecular flexibility index (Phi) is 5.88. The van der Waals surface area contributed by atoms with E-state index in [0.29, 0.717) is 10.6 Å². The first-order valence-electron chi connectivity index (χ1n) is 9.13. The van der Waals surface area contributed by atoms with Crippen LogP contribution < -0.4 is 11.1 Å². The molecule has 0 saturated heterocycles. The molecule has 0 spiro atoms. The minimum atomic E-state index is -4.59. The molecule has 0 aromatic carbocycles. The highest BCUT2D eigenvalue weighted by Crippen LogP contribution is 2.38. The average Bonchev–Trinajstić information content (AvgIpc) is 3.26. The van der Waals surface area contributed by atoms with Gasteiger partial charge in [0.1, 0.15) is 5.00 Å². The van der Waals surface area contributed by atoms with E-state index in [9.17, 15) is 22.8 Å². The van der Waals surface area contributed by atoms with Gasteiger partial charge in [-0.3, -0.25) is 14.0 Å². The summed E-state index contributed by atoms with van der Waals surface area (Å²) in [5.41, 5.74) is 5.86. The van der Waals surface area contributed by atoms with Crippen molar-refractivity contribution in [3.63, 3.8) is 0 Å². The molecule has 164 valence electrons. The van der Waals surface area contributed by atoms with Crippen LogP contribution >= 0.6 is 34.7 Å². The highest BCUT2D eigenvalue weighted by atomic mass is 35.5. The number of halogens is 4. The van der Waals surface area contributed by atoms with Gasteiger partial charge in [0, 0.05) is 11.1 Å².